The fourth-order valence-corrected chi connectivity index (χ4v) is 2.95. The number of fused-ring (bicyclic) bond motifs is 1. The van der Waals surface area contributed by atoms with Gasteiger partial charge < -0.3 is 0 Å². The summed E-state index contributed by atoms with van der Waals surface area (Å²) in [6, 6.07) is 10.4. The number of hydrogen-bond donors (Lipinski definition) is 0. The van der Waals surface area contributed by atoms with Gasteiger partial charge in [-0.2, -0.15) is 0 Å². The molecule has 0 saturated carbocycles. The van der Waals surface area contributed by atoms with Gasteiger partial charge in [0.05, 0.1) is 0 Å². The lowest BCUT2D eigenvalue weighted by Gasteiger charge is -2.08. The van der Waals surface area contributed by atoms with Crippen molar-refractivity contribution in [3.05, 3.63) is 51.5 Å². The fraction of sp³-hybridized carbons (Fsp3) is 0.200. The first-order chi connectivity index (χ1) is 9.69. The maximum Gasteiger partial charge on any atom is 0.164 e. The van der Waals surface area contributed by atoms with Gasteiger partial charge in [0, 0.05) is 27.8 Å². The van der Waals surface area contributed by atoms with Crippen molar-refractivity contribution >= 4 is 45.4 Å². The molecule has 3 aromatic rings. The van der Waals surface area contributed by atoms with Crippen LogP contribution in [0.25, 0.3) is 16.9 Å². The van der Waals surface area contributed by atoms with Crippen molar-refractivity contribution in [2.45, 2.75) is 13.3 Å². The van der Waals surface area contributed by atoms with Gasteiger partial charge in [-0.1, -0.05) is 6.07 Å². The van der Waals surface area contributed by atoms with Crippen LogP contribution in [0.2, 0.25) is 0 Å². The Morgan fingerprint density at radius 1 is 1.30 bits per heavy atom. The van der Waals surface area contributed by atoms with Crippen LogP contribution < -0.4 is 0 Å². The largest absolute Gasteiger partial charge is 0.281 e. The molecule has 2 heterocycles. The number of nitrogens with zero attached hydrogens (tertiary/aromatic N) is 3. The van der Waals surface area contributed by atoms with Crippen molar-refractivity contribution in [2.75, 3.05) is 5.88 Å². The van der Waals surface area contributed by atoms with Crippen molar-refractivity contribution < 1.29 is 0 Å². The number of halogens is 2. The summed E-state index contributed by atoms with van der Waals surface area (Å²) < 4.78 is 3.28. The van der Waals surface area contributed by atoms with Crippen molar-refractivity contribution in [2.24, 2.45) is 0 Å². The molecule has 0 aliphatic carbocycles. The molecule has 0 fully saturated rings. The summed E-state index contributed by atoms with van der Waals surface area (Å²) in [5.74, 6) is 1.50. The Morgan fingerprint density at radius 2 is 2.15 bits per heavy atom. The summed E-state index contributed by atoms with van der Waals surface area (Å²) in [6.07, 6.45) is 2.60. The molecule has 5 heteroatoms. The molecule has 0 bridgehead atoms. The minimum absolute atomic E-state index is 0.548. The van der Waals surface area contributed by atoms with E-state index in [0.717, 1.165) is 34.7 Å². The average molecular weight is 398 g/mol. The second-order valence-corrected chi connectivity index (χ2v) is 6.26. The zero-order valence-corrected chi connectivity index (χ0v) is 13.9. The van der Waals surface area contributed by atoms with Gasteiger partial charge in [-0.15, -0.1) is 11.6 Å². The van der Waals surface area contributed by atoms with Crippen LogP contribution in [0.15, 0.2) is 36.5 Å². The molecule has 0 aliphatic rings. The Bertz CT molecular complexity index is 767. The van der Waals surface area contributed by atoms with E-state index in [-0.39, 0.29) is 0 Å². The first kappa shape index (κ1) is 13.8. The van der Waals surface area contributed by atoms with Gasteiger partial charge >= 0.3 is 0 Å². The van der Waals surface area contributed by atoms with Gasteiger partial charge in [-0.3, -0.25) is 4.57 Å². The van der Waals surface area contributed by atoms with E-state index in [1.54, 1.807) is 0 Å². The fourth-order valence-electron chi connectivity index (χ4n) is 2.25. The number of imidazole rings is 1. The first-order valence-electron chi connectivity index (χ1n) is 6.35. The molecule has 0 unspecified atom stereocenters. The molecule has 0 spiro atoms. The van der Waals surface area contributed by atoms with Crippen LogP contribution in [0.1, 0.15) is 11.4 Å². The molecule has 3 nitrogen and oxygen atoms in total. The van der Waals surface area contributed by atoms with Crippen molar-refractivity contribution in [3.63, 3.8) is 0 Å². The maximum atomic E-state index is 5.91. The van der Waals surface area contributed by atoms with Crippen LogP contribution in [0, 0.1) is 10.5 Å². The van der Waals surface area contributed by atoms with Crippen LogP contribution in [-0.4, -0.2) is 20.4 Å². The highest BCUT2D eigenvalue weighted by Crippen LogP contribution is 2.22. The quantitative estimate of drug-likeness (QED) is 0.492. The second kappa shape index (κ2) is 5.69. The third-order valence-electron chi connectivity index (χ3n) is 3.09. The van der Waals surface area contributed by atoms with E-state index >= 15 is 0 Å². The standard InChI is InChI=1S/C15H13ClIN3/c1-10-7-13-15(18-9-10)20(14(19-13)5-6-16)12-4-2-3-11(17)8-12/h2-4,7-9H,5-6H2,1H3. The highest BCUT2D eigenvalue weighted by atomic mass is 127. The normalized spacial score (nSPS) is 11.2. The van der Waals surface area contributed by atoms with Gasteiger partial charge in [0.15, 0.2) is 5.65 Å². The maximum absolute atomic E-state index is 5.91. The molecule has 1 aromatic carbocycles. The van der Waals surface area contributed by atoms with E-state index in [0.29, 0.717) is 5.88 Å². The van der Waals surface area contributed by atoms with E-state index in [1.165, 1.54) is 3.57 Å². The summed E-state index contributed by atoms with van der Waals surface area (Å²) in [7, 11) is 0. The molecular formula is C15H13ClIN3. The summed E-state index contributed by atoms with van der Waals surface area (Å²) in [4.78, 5) is 9.23. The number of aromatic nitrogens is 3. The van der Waals surface area contributed by atoms with Crippen LogP contribution in [-0.2, 0) is 6.42 Å². The molecule has 0 saturated heterocycles. The molecule has 20 heavy (non-hydrogen) atoms. The number of pyridine rings is 1. The highest BCUT2D eigenvalue weighted by Gasteiger charge is 2.13. The monoisotopic (exact) mass is 397 g/mol. The number of aryl methyl sites for hydroxylation is 2. The van der Waals surface area contributed by atoms with Crippen LogP contribution in [0.3, 0.4) is 0 Å². The SMILES string of the molecule is Cc1cnc2c(c1)nc(CCCl)n2-c1cccc(I)c1. The lowest BCUT2D eigenvalue weighted by Crippen LogP contribution is -2.03. The lowest BCUT2D eigenvalue weighted by atomic mass is 10.3. The molecule has 3 rings (SSSR count). The first-order valence-corrected chi connectivity index (χ1v) is 7.96. The van der Waals surface area contributed by atoms with Crippen molar-refractivity contribution in [1.29, 1.82) is 0 Å². The molecule has 0 atom stereocenters. The Labute approximate surface area is 136 Å². The highest BCUT2D eigenvalue weighted by molar-refractivity contribution is 14.1. The second-order valence-electron chi connectivity index (χ2n) is 4.64. The minimum Gasteiger partial charge on any atom is -0.281 e. The third kappa shape index (κ3) is 2.54. The molecular weight excluding hydrogens is 385 g/mol. The molecule has 0 N–H and O–H groups in total. The molecule has 0 aliphatic heterocycles. The van der Waals surface area contributed by atoms with Gasteiger partial charge in [-0.25, -0.2) is 9.97 Å². The van der Waals surface area contributed by atoms with Gasteiger partial charge in [0.25, 0.3) is 0 Å². The molecule has 102 valence electrons. The number of rotatable bonds is 3. The van der Waals surface area contributed by atoms with Crippen molar-refractivity contribution in [3.8, 4) is 5.69 Å². The lowest BCUT2D eigenvalue weighted by molar-refractivity contribution is 0.904. The Morgan fingerprint density at radius 3 is 2.90 bits per heavy atom. The predicted octanol–water partition coefficient (Wildman–Crippen LogP) is 4.11. The van der Waals surface area contributed by atoms with Gasteiger partial charge in [0.1, 0.15) is 11.3 Å². The van der Waals surface area contributed by atoms with Crippen LogP contribution >= 0.6 is 34.2 Å². The number of benzene rings is 1. The van der Waals surface area contributed by atoms with Gasteiger partial charge in [0.2, 0.25) is 0 Å². The van der Waals surface area contributed by atoms with Gasteiger partial charge in [-0.05, 0) is 59.3 Å². The van der Waals surface area contributed by atoms with E-state index in [9.17, 15) is 0 Å². The number of hydrogen-bond acceptors (Lipinski definition) is 2. The summed E-state index contributed by atoms with van der Waals surface area (Å²) in [6.45, 7) is 2.03. The summed E-state index contributed by atoms with van der Waals surface area (Å²) in [5, 5.41) is 0. The summed E-state index contributed by atoms with van der Waals surface area (Å²) >= 11 is 8.22. The molecule has 0 amide bonds. The van der Waals surface area contributed by atoms with Crippen molar-refractivity contribution in [1.82, 2.24) is 14.5 Å². The van der Waals surface area contributed by atoms with Crippen LogP contribution in [0.5, 0.6) is 0 Å². The number of alkyl halides is 1. The average Bonchev–Trinajstić information content (AvgIpc) is 2.76. The zero-order chi connectivity index (χ0) is 14.1. The van der Waals surface area contributed by atoms with E-state index in [1.807, 2.05) is 19.2 Å². The molecule has 0 radical (unpaired) electrons. The van der Waals surface area contributed by atoms with E-state index in [2.05, 4.69) is 61.4 Å². The van der Waals surface area contributed by atoms with E-state index in [4.69, 9.17) is 11.6 Å². The zero-order valence-electron chi connectivity index (χ0n) is 11.0. The smallest absolute Gasteiger partial charge is 0.164 e. The third-order valence-corrected chi connectivity index (χ3v) is 3.95. The summed E-state index contributed by atoms with van der Waals surface area (Å²) in [5.41, 5.74) is 4.00. The van der Waals surface area contributed by atoms with E-state index < -0.39 is 0 Å². The Kier molecular flexibility index (Phi) is 3.94. The van der Waals surface area contributed by atoms with Crippen LogP contribution in [0.4, 0.5) is 0 Å². The molecule has 2 aromatic heterocycles. The Hall–Kier alpha value is -1.14. The minimum atomic E-state index is 0.548. The topological polar surface area (TPSA) is 30.7 Å². The Balaban J connectivity index is 2.28. The predicted molar refractivity (Wildman–Crippen MR) is 90.7 cm³/mol.